The van der Waals surface area contributed by atoms with Gasteiger partial charge in [0.1, 0.15) is 0 Å². The molecule has 0 saturated heterocycles. The number of amides is 1. The molecule has 0 fully saturated rings. The number of H-pyrrole nitrogens is 1. The number of nitrogens with one attached hydrogen (secondary N) is 2. The highest BCUT2D eigenvalue weighted by Gasteiger charge is 2.05. The van der Waals surface area contributed by atoms with E-state index < -0.39 is 0 Å². The molecule has 0 saturated carbocycles. The van der Waals surface area contributed by atoms with Crippen LogP contribution in [0.2, 0.25) is 0 Å². The number of rotatable bonds is 4. The van der Waals surface area contributed by atoms with Crippen molar-refractivity contribution < 1.29 is 4.79 Å². The quantitative estimate of drug-likeness (QED) is 0.523. The Morgan fingerprint density at radius 2 is 2.62 bits per heavy atom. The van der Waals surface area contributed by atoms with Crippen LogP contribution in [0.5, 0.6) is 0 Å². The molecule has 1 amide bonds. The van der Waals surface area contributed by atoms with Crippen LogP contribution in [0.15, 0.2) is 18.3 Å². The van der Waals surface area contributed by atoms with E-state index >= 15 is 0 Å². The Morgan fingerprint density at radius 3 is 3.23 bits per heavy atom. The van der Waals surface area contributed by atoms with Crippen LogP contribution in [0.4, 0.5) is 0 Å². The SMILES string of the molecule is C/C=C/CCNC(=O)c1cn[nH]n1. The van der Waals surface area contributed by atoms with Crippen molar-refractivity contribution in [1.82, 2.24) is 20.7 Å². The minimum atomic E-state index is -0.196. The van der Waals surface area contributed by atoms with E-state index in [2.05, 4.69) is 20.7 Å². The number of aromatic amines is 1. The molecular formula is C8H12N4O. The summed E-state index contributed by atoms with van der Waals surface area (Å²) in [5.41, 5.74) is 0.320. The molecule has 70 valence electrons. The lowest BCUT2D eigenvalue weighted by atomic mass is 10.3. The Morgan fingerprint density at radius 1 is 1.77 bits per heavy atom. The van der Waals surface area contributed by atoms with Gasteiger partial charge in [-0.25, -0.2) is 0 Å². The van der Waals surface area contributed by atoms with E-state index in [-0.39, 0.29) is 5.91 Å². The van der Waals surface area contributed by atoms with Gasteiger partial charge in [0.15, 0.2) is 5.69 Å². The van der Waals surface area contributed by atoms with Crippen LogP contribution in [-0.4, -0.2) is 27.9 Å². The van der Waals surface area contributed by atoms with Crippen molar-refractivity contribution in [1.29, 1.82) is 0 Å². The van der Waals surface area contributed by atoms with Crippen LogP contribution in [0.1, 0.15) is 23.8 Å². The lowest BCUT2D eigenvalue weighted by Gasteiger charge is -1.98. The smallest absolute Gasteiger partial charge is 0.273 e. The number of hydrogen-bond acceptors (Lipinski definition) is 3. The van der Waals surface area contributed by atoms with Gasteiger partial charge in [-0.2, -0.15) is 15.4 Å². The van der Waals surface area contributed by atoms with Gasteiger partial charge in [0, 0.05) is 6.54 Å². The van der Waals surface area contributed by atoms with Crippen LogP contribution < -0.4 is 5.32 Å². The van der Waals surface area contributed by atoms with Crippen LogP contribution in [0, 0.1) is 0 Å². The highest BCUT2D eigenvalue weighted by Crippen LogP contribution is 1.88. The fraction of sp³-hybridized carbons (Fsp3) is 0.375. The average Bonchev–Trinajstić information content (AvgIpc) is 2.65. The molecule has 0 aromatic carbocycles. The van der Waals surface area contributed by atoms with E-state index in [0.717, 1.165) is 6.42 Å². The molecule has 1 aromatic heterocycles. The third kappa shape index (κ3) is 3.06. The van der Waals surface area contributed by atoms with Crippen molar-refractivity contribution in [2.45, 2.75) is 13.3 Å². The normalized spacial score (nSPS) is 10.5. The molecule has 1 rings (SSSR count). The lowest BCUT2D eigenvalue weighted by Crippen LogP contribution is -2.24. The molecule has 5 heteroatoms. The van der Waals surface area contributed by atoms with Gasteiger partial charge in [0.25, 0.3) is 5.91 Å². The van der Waals surface area contributed by atoms with E-state index in [9.17, 15) is 4.79 Å². The molecule has 0 aliphatic carbocycles. The second-order valence-corrected chi connectivity index (χ2v) is 2.47. The van der Waals surface area contributed by atoms with E-state index in [1.54, 1.807) is 0 Å². The maximum atomic E-state index is 11.2. The van der Waals surface area contributed by atoms with Gasteiger partial charge in [-0.15, -0.1) is 0 Å². The minimum absolute atomic E-state index is 0.196. The van der Waals surface area contributed by atoms with E-state index in [4.69, 9.17) is 0 Å². The molecule has 0 radical (unpaired) electrons. The second-order valence-electron chi connectivity index (χ2n) is 2.47. The molecule has 13 heavy (non-hydrogen) atoms. The third-order valence-electron chi connectivity index (χ3n) is 1.48. The predicted octanol–water partition coefficient (Wildman–Crippen LogP) is 0.501. The molecule has 2 N–H and O–H groups in total. The van der Waals surface area contributed by atoms with Gasteiger partial charge in [-0.05, 0) is 13.3 Å². The van der Waals surface area contributed by atoms with Crippen molar-refractivity contribution in [2.75, 3.05) is 6.54 Å². The Balaban J connectivity index is 2.27. The summed E-state index contributed by atoms with van der Waals surface area (Å²) in [6.07, 6.45) is 6.16. The standard InChI is InChI=1S/C8H12N4O/c1-2-3-4-5-9-8(13)7-6-10-12-11-7/h2-3,6H,4-5H2,1H3,(H,9,13)(H,10,11,12)/b3-2+. The molecule has 0 unspecified atom stereocenters. The summed E-state index contributed by atoms with van der Waals surface area (Å²) >= 11 is 0. The molecule has 0 aliphatic heterocycles. The van der Waals surface area contributed by atoms with Gasteiger partial charge in [0.2, 0.25) is 0 Å². The second kappa shape index (κ2) is 5.08. The molecule has 5 nitrogen and oxygen atoms in total. The third-order valence-corrected chi connectivity index (χ3v) is 1.48. The summed E-state index contributed by atoms with van der Waals surface area (Å²) in [4.78, 5) is 11.2. The Kier molecular flexibility index (Phi) is 3.69. The Hall–Kier alpha value is -1.65. The zero-order valence-electron chi connectivity index (χ0n) is 7.45. The first kappa shape index (κ1) is 9.44. The van der Waals surface area contributed by atoms with Crippen molar-refractivity contribution in [2.24, 2.45) is 0 Å². The van der Waals surface area contributed by atoms with Crippen LogP contribution >= 0.6 is 0 Å². The molecular weight excluding hydrogens is 168 g/mol. The number of carbonyl (C=O) groups excluding carboxylic acids is 1. The number of carbonyl (C=O) groups is 1. The number of nitrogens with zero attached hydrogens (tertiary/aromatic N) is 2. The summed E-state index contributed by atoms with van der Waals surface area (Å²) in [5, 5.41) is 12.3. The summed E-state index contributed by atoms with van der Waals surface area (Å²) in [5.74, 6) is -0.196. The average molecular weight is 180 g/mol. The molecule has 0 atom stereocenters. The fourth-order valence-corrected chi connectivity index (χ4v) is 0.837. The van der Waals surface area contributed by atoms with E-state index in [0.29, 0.717) is 12.2 Å². The first-order valence-corrected chi connectivity index (χ1v) is 4.09. The molecule has 1 heterocycles. The van der Waals surface area contributed by atoms with Gasteiger partial charge in [0.05, 0.1) is 6.20 Å². The van der Waals surface area contributed by atoms with E-state index in [1.165, 1.54) is 6.20 Å². The fourth-order valence-electron chi connectivity index (χ4n) is 0.837. The summed E-state index contributed by atoms with van der Waals surface area (Å²) in [6, 6.07) is 0. The van der Waals surface area contributed by atoms with Crippen molar-refractivity contribution in [3.05, 3.63) is 24.0 Å². The summed E-state index contributed by atoms with van der Waals surface area (Å²) < 4.78 is 0. The topological polar surface area (TPSA) is 70.7 Å². The monoisotopic (exact) mass is 180 g/mol. The predicted molar refractivity (Wildman–Crippen MR) is 48.1 cm³/mol. The number of allylic oxidation sites excluding steroid dienone is 1. The maximum absolute atomic E-state index is 11.2. The van der Waals surface area contributed by atoms with Crippen molar-refractivity contribution >= 4 is 5.91 Å². The van der Waals surface area contributed by atoms with E-state index in [1.807, 2.05) is 19.1 Å². The van der Waals surface area contributed by atoms with Crippen molar-refractivity contribution in [3.63, 3.8) is 0 Å². The zero-order valence-corrected chi connectivity index (χ0v) is 7.45. The summed E-state index contributed by atoms with van der Waals surface area (Å²) in [6.45, 7) is 2.56. The highest BCUT2D eigenvalue weighted by atomic mass is 16.1. The number of hydrogen-bond donors (Lipinski definition) is 2. The number of aromatic nitrogens is 3. The van der Waals surface area contributed by atoms with Crippen molar-refractivity contribution in [3.8, 4) is 0 Å². The maximum Gasteiger partial charge on any atom is 0.273 e. The van der Waals surface area contributed by atoms with Gasteiger partial charge in [-0.3, -0.25) is 4.79 Å². The highest BCUT2D eigenvalue weighted by molar-refractivity contribution is 5.91. The van der Waals surface area contributed by atoms with Gasteiger partial charge >= 0.3 is 0 Å². The minimum Gasteiger partial charge on any atom is -0.350 e. The summed E-state index contributed by atoms with van der Waals surface area (Å²) in [7, 11) is 0. The first-order chi connectivity index (χ1) is 6.34. The molecule has 0 bridgehead atoms. The van der Waals surface area contributed by atoms with Crippen LogP contribution in [0.3, 0.4) is 0 Å². The molecule has 1 aromatic rings. The zero-order chi connectivity index (χ0) is 9.52. The first-order valence-electron chi connectivity index (χ1n) is 4.09. The van der Waals surface area contributed by atoms with Gasteiger partial charge < -0.3 is 5.32 Å². The molecule has 0 aliphatic rings. The lowest BCUT2D eigenvalue weighted by molar-refractivity contribution is 0.0949. The Labute approximate surface area is 76.2 Å². The Bertz CT molecular complexity index is 278. The van der Waals surface area contributed by atoms with Crippen LogP contribution in [-0.2, 0) is 0 Å². The van der Waals surface area contributed by atoms with Gasteiger partial charge in [-0.1, -0.05) is 12.2 Å². The largest absolute Gasteiger partial charge is 0.350 e. The van der Waals surface area contributed by atoms with Crippen LogP contribution in [0.25, 0.3) is 0 Å². The molecule has 0 spiro atoms.